The van der Waals surface area contributed by atoms with E-state index in [1.54, 1.807) is 0 Å². The molecule has 0 amide bonds. The highest BCUT2D eigenvalue weighted by molar-refractivity contribution is 6.21. The first-order valence-electron chi connectivity index (χ1n) is 2.81. The van der Waals surface area contributed by atoms with Crippen LogP contribution in [0.25, 0.3) is 0 Å². The summed E-state index contributed by atoms with van der Waals surface area (Å²) in [6.07, 6.45) is 0. The van der Waals surface area contributed by atoms with Crippen LogP contribution in [0.15, 0.2) is 0 Å². The van der Waals surface area contributed by atoms with Gasteiger partial charge in [-0.15, -0.1) is 11.6 Å². The van der Waals surface area contributed by atoms with E-state index >= 15 is 0 Å². The van der Waals surface area contributed by atoms with Crippen LogP contribution in [0.4, 0.5) is 0 Å². The lowest BCUT2D eigenvalue weighted by molar-refractivity contribution is 0.296. The van der Waals surface area contributed by atoms with Crippen LogP contribution in [0.2, 0.25) is 0 Å². The molecule has 2 atom stereocenters. The maximum absolute atomic E-state index is 5.85. The molecule has 48 valence electrons. The second-order valence-electron chi connectivity index (χ2n) is 2.31. The summed E-state index contributed by atoms with van der Waals surface area (Å²) >= 11 is 5.85. The second kappa shape index (κ2) is 2.21. The number of hydrazine groups is 1. The van der Waals surface area contributed by atoms with Gasteiger partial charge >= 0.3 is 0 Å². The molecule has 1 heterocycles. The van der Waals surface area contributed by atoms with Crippen LogP contribution in [0.1, 0.15) is 6.92 Å². The molecule has 1 fully saturated rings. The molecular weight excluding hydrogens is 124 g/mol. The number of hydrogen-bond donors (Lipinski definition) is 1. The zero-order chi connectivity index (χ0) is 6.15. The number of rotatable bonds is 0. The molecule has 0 aliphatic carbocycles. The van der Waals surface area contributed by atoms with Gasteiger partial charge in [0.15, 0.2) is 0 Å². The fraction of sp³-hybridized carbons (Fsp3) is 1.00. The molecule has 0 spiro atoms. The molecule has 1 saturated heterocycles. The minimum Gasteiger partial charge on any atom is -0.251 e. The van der Waals surface area contributed by atoms with Gasteiger partial charge in [-0.25, -0.2) is 5.01 Å². The van der Waals surface area contributed by atoms with Crippen molar-refractivity contribution in [2.75, 3.05) is 13.6 Å². The highest BCUT2D eigenvalue weighted by Gasteiger charge is 2.23. The summed E-state index contributed by atoms with van der Waals surface area (Å²) < 4.78 is 0. The second-order valence-corrected chi connectivity index (χ2v) is 2.87. The quantitative estimate of drug-likeness (QED) is 0.484. The molecule has 0 aromatic heterocycles. The van der Waals surface area contributed by atoms with E-state index in [9.17, 15) is 0 Å². The third-order valence-electron chi connectivity index (χ3n) is 1.41. The van der Waals surface area contributed by atoms with Crippen molar-refractivity contribution in [3.05, 3.63) is 0 Å². The predicted octanol–water partition coefficient (Wildman–Crippen LogP) is 0.432. The standard InChI is InChI=1S/C5H11ClN2/c1-4-5(6)3-8(2)7-4/h4-5,7H,3H2,1-2H3. The van der Waals surface area contributed by atoms with Gasteiger partial charge in [-0.05, 0) is 6.92 Å². The highest BCUT2D eigenvalue weighted by Crippen LogP contribution is 2.09. The van der Waals surface area contributed by atoms with Crippen molar-refractivity contribution >= 4 is 11.6 Å². The summed E-state index contributed by atoms with van der Waals surface area (Å²) in [7, 11) is 2.00. The first kappa shape index (κ1) is 6.33. The molecule has 1 aliphatic rings. The molecule has 2 nitrogen and oxygen atoms in total. The summed E-state index contributed by atoms with van der Waals surface area (Å²) in [5.41, 5.74) is 3.17. The Hall–Kier alpha value is 0.210. The fourth-order valence-electron chi connectivity index (χ4n) is 0.901. The normalized spacial score (nSPS) is 40.9. The van der Waals surface area contributed by atoms with Crippen molar-refractivity contribution in [2.24, 2.45) is 0 Å². The molecule has 0 bridgehead atoms. The van der Waals surface area contributed by atoms with E-state index in [1.807, 2.05) is 12.1 Å². The molecule has 3 heteroatoms. The lowest BCUT2D eigenvalue weighted by Gasteiger charge is -2.06. The maximum Gasteiger partial charge on any atom is 0.0640 e. The van der Waals surface area contributed by atoms with Gasteiger partial charge in [-0.1, -0.05) is 0 Å². The van der Waals surface area contributed by atoms with Crippen LogP contribution in [-0.2, 0) is 0 Å². The Morgan fingerprint density at radius 2 is 2.38 bits per heavy atom. The van der Waals surface area contributed by atoms with E-state index in [0.29, 0.717) is 6.04 Å². The Kier molecular flexibility index (Phi) is 1.75. The van der Waals surface area contributed by atoms with Gasteiger partial charge in [-0.3, -0.25) is 5.43 Å². The van der Waals surface area contributed by atoms with Crippen LogP contribution in [-0.4, -0.2) is 30.0 Å². The molecule has 0 aromatic carbocycles. The van der Waals surface area contributed by atoms with Crippen molar-refractivity contribution in [3.63, 3.8) is 0 Å². The van der Waals surface area contributed by atoms with E-state index in [1.165, 1.54) is 0 Å². The van der Waals surface area contributed by atoms with Gasteiger partial charge in [-0.2, -0.15) is 0 Å². The number of nitrogens with one attached hydrogen (secondary N) is 1. The zero-order valence-electron chi connectivity index (χ0n) is 5.19. The Balaban J connectivity index is 2.39. The van der Waals surface area contributed by atoms with Crippen LogP contribution in [0, 0.1) is 0 Å². The summed E-state index contributed by atoms with van der Waals surface area (Å²) in [4.78, 5) is 0. The van der Waals surface area contributed by atoms with Gasteiger partial charge in [0, 0.05) is 19.6 Å². The van der Waals surface area contributed by atoms with Crippen molar-refractivity contribution in [1.82, 2.24) is 10.4 Å². The minimum atomic E-state index is 0.278. The molecule has 0 aromatic rings. The largest absolute Gasteiger partial charge is 0.251 e. The van der Waals surface area contributed by atoms with Crippen LogP contribution in [0.5, 0.6) is 0 Å². The summed E-state index contributed by atoms with van der Waals surface area (Å²) in [5.74, 6) is 0. The Labute approximate surface area is 54.8 Å². The van der Waals surface area contributed by atoms with E-state index in [0.717, 1.165) is 6.54 Å². The van der Waals surface area contributed by atoms with Gasteiger partial charge in [0.1, 0.15) is 0 Å². The first-order valence-corrected chi connectivity index (χ1v) is 3.25. The van der Waals surface area contributed by atoms with Crippen molar-refractivity contribution in [3.8, 4) is 0 Å². The van der Waals surface area contributed by atoms with Gasteiger partial charge < -0.3 is 0 Å². The lowest BCUT2D eigenvalue weighted by atomic mass is 10.3. The van der Waals surface area contributed by atoms with Crippen molar-refractivity contribution < 1.29 is 0 Å². The third kappa shape index (κ3) is 1.13. The molecule has 1 N–H and O–H groups in total. The molecular formula is C5H11ClN2. The molecule has 0 radical (unpaired) electrons. The van der Waals surface area contributed by atoms with Crippen LogP contribution < -0.4 is 5.43 Å². The number of nitrogens with zero attached hydrogens (tertiary/aromatic N) is 1. The number of alkyl halides is 1. The van der Waals surface area contributed by atoms with Gasteiger partial charge in [0.2, 0.25) is 0 Å². The Morgan fingerprint density at radius 3 is 2.50 bits per heavy atom. The zero-order valence-corrected chi connectivity index (χ0v) is 5.94. The van der Waals surface area contributed by atoms with Gasteiger partial charge in [0.05, 0.1) is 5.38 Å². The molecule has 2 unspecified atom stereocenters. The summed E-state index contributed by atoms with van der Waals surface area (Å²) in [6, 6.07) is 0.432. The Morgan fingerprint density at radius 1 is 1.75 bits per heavy atom. The lowest BCUT2D eigenvalue weighted by Crippen LogP contribution is -2.30. The molecule has 1 rings (SSSR count). The minimum absolute atomic E-state index is 0.278. The van der Waals surface area contributed by atoms with Crippen LogP contribution >= 0.6 is 11.6 Å². The van der Waals surface area contributed by atoms with E-state index in [4.69, 9.17) is 11.6 Å². The van der Waals surface area contributed by atoms with Gasteiger partial charge in [0.25, 0.3) is 0 Å². The molecule has 1 aliphatic heterocycles. The number of halogens is 1. The monoisotopic (exact) mass is 134 g/mol. The first-order chi connectivity index (χ1) is 3.70. The topological polar surface area (TPSA) is 15.3 Å². The predicted molar refractivity (Wildman–Crippen MR) is 34.9 cm³/mol. The maximum atomic E-state index is 5.85. The van der Waals surface area contributed by atoms with Crippen molar-refractivity contribution in [2.45, 2.75) is 18.3 Å². The smallest absolute Gasteiger partial charge is 0.0640 e. The fourth-order valence-corrected chi connectivity index (χ4v) is 1.16. The summed E-state index contributed by atoms with van der Waals surface area (Å²) in [6.45, 7) is 3.03. The molecule has 0 saturated carbocycles. The average Bonchev–Trinajstić information content (AvgIpc) is 1.85. The number of hydrogen-bond acceptors (Lipinski definition) is 2. The summed E-state index contributed by atoms with van der Waals surface area (Å²) in [5, 5.41) is 2.29. The van der Waals surface area contributed by atoms with E-state index < -0.39 is 0 Å². The SMILES string of the molecule is CC1NN(C)CC1Cl. The van der Waals surface area contributed by atoms with Crippen molar-refractivity contribution in [1.29, 1.82) is 0 Å². The van der Waals surface area contributed by atoms with Crippen LogP contribution in [0.3, 0.4) is 0 Å². The van der Waals surface area contributed by atoms with E-state index in [2.05, 4.69) is 12.3 Å². The highest BCUT2D eigenvalue weighted by atomic mass is 35.5. The Bertz CT molecular complexity index is 76.5. The van der Waals surface area contributed by atoms with E-state index in [-0.39, 0.29) is 5.38 Å². The molecule has 8 heavy (non-hydrogen) atoms. The third-order valence-corrected chi connectivity index (χ3v) is 1.93. The average molecular weight is 135 g/mol.